The molecule has 0 unspecified atom stereocenters. The number of rotatable bonds is 7. The van der Waals surface area contributed by atoms with Gasteiger partial charge in [0.2, 0.25) is 10.0 Å². The lowest BCUT2D eigenvalue weighted by molar-refractivity contribution is 0.0324. The van der Waals surface area contributed by atoms with Crippen molar-refractivity contribution in [1.29, 1.82) is 0 Å². The smallest absolute Gasteiger partial charge is 0.338 e. The van der Waals surface area contributed by atoms with Gasteiger partial charge in [0, 0.05) is 5.54 Å². The van der Waals surface area contributed by atoms with Crippen LogP contribution < -0.4 is 4.72 Å². The first-order valence-electron chi connectivity index (χ1n) is 7.37. The Kier molecular flexibility index (Phi) is 6.56. The summed E-state index contributed by atoms with van der Waals surface area (Å²) in [6.07, 6.45) is 0.621. The zero-order valence-electron chi connectivity index (χ0n) is 13.6. The Morgan fingerprint density at radius 3 is 2.36 bits per heavy atom. The maximum absolute atomic E-state index is 11.9. The molecule has 0 bridgehead atoms. The number of esters is 1. The molecule has 0 fully saturated rings. The number of hydrogen-bond donors (Lipinski definition) is 1. The maximum atomic E-state index is 11.9. The fourth-order valence-electron chi connectivity index (χ4n) is 1.96. The van der Waals surface area contributed by atoms with Gasteiger partial charge in [-0.1, -0.05) is 18.2 Å². The molecule has 5 nitrogen and oxygen atoms in total. The van der Waals surface area contributed by atoms with Crippen LogP contribution in [0.1, 0.15) is 50.9 Å². The molecule has 1 rings (SSSR count). The first kappa shape index (κ1) is 18.6. The number of carbonyl (C=O) groups is 1. The maximum Gasteiger partial charge on any atom is 0.338 e. The van der Waals surface area contributed by atoms with Gasteiger partial charge >= 0.3 is 5.97 Å². The largest absolute Gasteiger partial charge is 0.459 e. The summed E-state index contributed by atoms with van der Waals surface area (Å²) < 4.78 is 31.6. The van der Waals surface area contributed by atoms with Crippen molar-refractivity contribution in [3.8, 4) is 0 Å². The van der Waals surface area contributed by atoms with Crippen LogP contribution in [0, 0.1) is 0 Å². The minimum absolute atomic E-state index is 0.0253. The Morgan fingerprint density at radius 1 is 1.23 bits per heavy atom. The predicted molar refractivity (Wildman–Crippen MR) is 87.2 cm³/mol. The first-order valence-corrected chi connectivity index (χ1v) is 9.02. The van der Waals surface area contributed by atoms with Crippen LogP contribution in [0.2, 0.25) is 0 Å². The highest BCUT2D eigenvalue weighted by Gasteiger charge is 2.20. The molecule has 0 saturated carbocycles. The average Bonchev–Trinajstić information content (AvgIpc) is 2.36. The van der Waals surface area contributed by atoms with E-state index in [-0.39, 0.29) is 17.8 Å². The van der Waals surface area contributed by atoms with Gasteiger partial charge in [0.15, 0.2) is 0 Å². The standard InChI is InChI=1S/C16H25NO4S/c1-13(21-15(18)14-10-6-5-7-11-14)9-8-12-22(19,20)17-16(2,3)4/h5-7,10-11,13,17H,8-9,12H2,1-4H3/t13-/m0/s1. The SMILES string of the molecule is C[C@@H](CCCS(=O)(=O)NC(C)(C)C)OC(=O)c1ccccc1. The Bertz CT molecular complexity index is 576. The van der Waals surface area contributed by atoms with Gasteiger partial charge in [-0.25, -0.2) is 17.9 Å². The quantitative estimate of drug-likeness (QED) is 0.782. The van der Waals surface area contributed by atoms with E-state index < -0.39 is 15.6 Å². The van der Waals surface area contributed by atoms with E-state index in [1.165, 1.54) is 0 Å². The highest BCUT2D eigenvalue weighted by molar-refractivity contribution is 7.89. The highest BCUT2D eigenvalue weighted by Crippen LogP contribution is 2.09. The third-order valence-corrected chi connectivity index (χ3v) is 4.55. The molecule has 0 spiro atoms. The van der Waals surface area contributed by atoms with E-state index in [9.17, 15) is 13.2 Å². The molecule has 1 atom stereocenters. The molecule has 0 aliphatic carbocycles. The van der Waals surface area contributed by atoms with Gasteiger partial charge in [-0.15, -0.1) is 0 Å². The lowest BCUT2D eigenvalue weighted by atomic mass is 10.1. The molecule has 0 aromatic heterocycles. The van der Waals surface area contributed by atoms with Gasteiger partial charge in [-0.3, -0.25) is 0 Å². The summed E-state index contributed by atoms with van der Waals surface area (Å²) in [5.74, 6) is -0.360. The van der Waals surface area contributed by atoms with Crippen LogP contribution in [-0.4, -0.2) is 31.8 Å². The zero-order chi connectivity index (χ0) is 16.8. The molecule has 22 heavy (non-hydrogen) atoms. The van der Waals surface area contributed by atoms with E-state index in [0.717, 1.165) is 0 Å². The molecule has 6 heteroatoms. The molecule has 0 radical (unpaired) electrons. The Balaban J connectivity index is 2.38. The summed E-state index contributed by atoms with van der Waals surface area (Å²) in [5, 5.41) is 0. The predicted octanol–water partition coefficient (Wildman–Crippen LogP) is 2.73. The molecule has 0 heterocycles. The fraction of sp³-hybridized carbons (Fsp3) is 0.562. The van der Waals surface area contributed by atoms with Crippen LogP contribution >= 0.6 is 0 Å². The Hall–Kier alpha value is -1.40. The molecule has 1 aromatic rings. The highest BCUT2D eigenvalue weighted by atomic mass is 32.2. The summed E-state index contributed by atoms with van der Waals surface area (Å²) >= 11 is 0. The van der Waals surface area contributed by atoms with Gasteiger partial charge < -0.3 is 4.74 Å². The third-order valence-electron chi connectivity index (χ3n) is 2.80. The number of sulfonamides is 1. The van der Waals surface area contributed by atoms with Crippen molar-refractivity contribution in [3.63, 3.8) is 0 Å². The molecule has 124 valence electrons. The van der Waals surface area contributed by atoms with Crippen LogP contribution in [0.5, 0.6) is 0 Å². The van der Waals surface area contributed by atoms with E-state index >= 15 is 0 Å². The van der Waals surface area contributed by atoms with Gasteiger partial charge in [-0.05, 0) is 52.7 Å². The summed E-state index contributed by atoms with van der Waals surface area (Å²) in [6.45, 7) is 7.17. The minimum Gasteiger partial charge on any atom is -0.459 e. The Morgan fingerprint density at radius 2 is 1.82 bits per heavy atom. The van der Waals surface area contributed by atoms with Crippen molar-refractivity contribution in [2.75, 3.05) is 5.75 Å². The second-order valence-electron chi connectivity index (χ2n) is 6.40. The van der Waals surface area contributed by atoms with E-state index in [2.05, 4.69) is 4.72 Å². The number of carbonyl (C=O) groups excluding carboxylic acids is 1. The summed E-state index contributed by atoms with van der Waals surface area (Å²) in [6, 6.07) is 8.74. The molecular weight excluding hydrogens is 302 g/mol. The van der Waals surface area contributed by atoms with Crippen molar-refractivity contribution in [2.24, 2.45) is 0 Å². The second-order valence-corrected chi connectivity index (χ2v) is 8.24. The van der Waals surface area contributed by atoms with E-state index in [0.29, 0.717) is 18.4 Å². The van der Waals surface area contributed by atoms with Gasteiger partial charge in [-0.2, -0.15) is 0 Å². The van der Waals surface area contributed by atoms with Crippen molar-refractivity contribution in [3.05, 3.63) is 35.9 Å². The normalized spacial score (nSPS) is 13.6. The van der Waals surface area contributed by atoms with Crippen molar-refractivity contribution in [2.45, 2.75) is 52.2 Å². The monoisotopic (exact) mass is 327 g/mol. The number of benzene rings is 1. The third kappa shape index (κ3) is 7.56. The van der Waals surface area contributed by atoms with E-state index in [1.807, 2.05) is 6.07 Å². The molecule has 1 aromatic carbocycles. The number of ether oxygens (including phenoxy) is 1. The van der Waals surface area contributed by atoms with Crippen LogP contribution in [0.3, 0.4) is 0 Å². The fourth-order valence-corrected chi connectivity index (χ4v) is 3.54. The van der Waals surface area contributed by atoms with Crippen LogP contribution in [0.15, 0.2) is 30.3 Å². The lowest BCUT2D eigenvalue weighted by Gasteiger charge is -2.20. The molecule has 0 saturated heterocycles. The zero-order valence-corrected chi connectivity index (χ0v) is 14.4. The van der Waals surface area contributed by atoms with Crippen LogP contribution in [0.25, 0.3) is 0 Å². The van der Waals surface area contributed by atoms with E-state index in [1.54, 1.807) is 52.0 Å². The van der Waals surface area contributed by atoms with Crippen molar-refractivity contribution >= 4 is 16.0 Å². The van der Waals surface area contributed by atoms with Gasteiger partial charge in [0.25, 0.3) is 0 Å². The van der Waals surface area contributed by atoms with Gasteiger partial charge in [0.05, 0.1) is 17.4 Å². The van der Waals surface area contributed by atoms with Gasteiger partial charge in [0.1, 0.15) is 0 Å². The molecule has 0 amide bonds. The number of hydrogen-bond acceptors (Lipinski definition) is 4. The molecular formula is C16H25NO4S. The van der Waals surface area contributed by atoms with E-state index in [4.69, 9.17) is 4.74 Å². The van der Waals surface area contributed by atoms with Crippen molar-refractivity contribution < 1.29 is 17.9 Å². The summed E-state index contributed by atoms with van der Waals surface area (Å²) in [7, 11) is -3.31. The van der Waals surface area contributed by atoms with Crippen LogP contribution in [-0.2, 0) is 14.8 Å². The summed E-state index contributed by atoms with van der Waals surface area (Å²) in [5.41, 5.74) is 0.0147. The molecule has 0 aliphatic heterocycles. The molecule has 0 aliphatic rings. The lowest BCUT2D eigenvalue weighted by Crippen LogP contribution is -2.41. The number of nitrogens with one attached hydrogen (secondary N) is 1. The first-order chi connectivity index (χ1) is 10.1. The average molecular weight is 327 g/mol. The van der Waals surface area contributed by atoms with Crippen LogP contribution in [0.4, 0.5) is 0 Å². The minimum atomic E-state index is -3.31. The van der Waals surface area contributed by atoms with Crippen molar-refractivity contribution in [1.82, 2.24) is 4.72 Å². The second kappa shape index (κ2) is 7.74. The topological polar surface area (TPSA) is 72.5 Å². The Labute approximate surface area is 133 Å². The molecule has 1 N–H and O–H groups in total. The summed E-state index contributed by atoms with van der Waals surface area (Å²) in [4.78, 5) is 11.8.